The Labute approximate surface area is 146 Å². The molecule has 5 nitrogen and oxygen atoms in total. The quantitative estimate of drug-likeness (QED) is 0.287. The standard InChI is InChI=1S/C19H33NO4/c1-3-4-5-6-7-8-9-10-11-13-16-20-19(22)24-17-14-12-15-18(21)23-2/h8-11H,3-7,12-17H2,1-2H3,(H,20,22)/b9-8+,11-10-. The fourth-order valence-electron chi connectivity index (χ4n) is 1.99. The maximum atomic E-state index is 11.4. The summed E-state index contributed by atoms with van der Waals surface area (Å²) in [6, 6.07) is 0. The van der Waals surface area contributed by atoms with E-state index in [1.165, 1.54) is 32.8 Å². The summed E-state index contributed by atoms with van der Waals surface area (Å²) in [5.41, 5.74) is 0. The number of methoxy groups -OCH3 is 1. The van der Waals surface area contributed by atoms with Crippen LogP contribution in [0.5, 0.6) is 0 Å². The zero-order valence-electron chi connectivity index (χ0n) is 15.2. The molecule has 0 heterocycles. The van der Waals surface area contributed by atoms with Crippen LogP contribution in [0.2, 0.25) is 0 Å². The highest BCUT2D eigenvalue weighted by Gasteiger charge is 2.02. The Balaban J connectivity index is 3.40. The second-order valence-corrected chi connectivity index (χ2v) is 5.59. The van der Waals surface area contributed by atoms with Crippen molar-refractivity contribution < 1.29 is 19.1 Å². The number of hydrogen-bond donors (Lipinski definition) is 1. The lowest BCUT2D eigenvalue weighted by Crippen LogP contribution is -2.25. The number of allylic oxidation sites excluding steroid dienone is 3. The van der Waals surface area contributed by atoms with Crippen LogP contribution < -0.4 is 5.32 Å². The van der Waals surface area contributed by atoms with Gasteiger partial charge in [0.1, 0.15) is 0 Å². The third kappa shape index (κ3) is 16.6. The number of esters is 1. The SMILES string of the molecule is CCCCCC/C=C/C=C\CCNC(=O)OCCCCC(=O)OC. The van der Waals surface area contributed by atoms with E-state index in [4.69, 9.17) is 4.74 Å². The van der Waals surface area contributed by atoms with Crippen molar-refractivity contribution in [3.8, 4) is 0 Å². The summed E-state index contributed by atoms with van der Waals surface area (Å²) in [5.74, 6) is -0.235. The zero-order valence-corrected chi connectivity index (χ0v) is 15.2. The van der Waals surface area contributed by atoms with Crippen LogP contribution in [0.1, 0.15) is 64.7 Å². The van der Waals surface area contributed by atoms with Crippen LogP contribution in [-0.4, -0.2) is 32.3 Å². The topological polar surface area (TPSA) is 64.6 Å². The first-order chi connectivity index (χ1) is 11.7. The molecule has 0 radical (unpaired) electrons. The molecule has 0 aromatic carbocycles. The number of carbonyl (C=O) groups excluding carboxylic acids is 2. The fourth-order valence-corrected chi connectivity index (χ4v) is 1.99. The normalized spacial score (nSPS) is 11.1. The minimum atomic E-state index is -0.409. The van der Waals surface area contributed by atoms with E-state index in [0.29, 0.717) is 32.4 Å². The van der Waals surface area contributed by atoms with Gasteiger partial charge in [0.05, 0.1) is 13.7 Å². The van der Waals surface area contributed by atoms with Gasteiger partial charge in [-0.3, -0.25) is 4.79 Å². The average Bonchev–Trinajstić information content (AvgIpc) is 2.59. The summed E-state index contributed by atoms with van der Waals surface area (Å²) in [6.45, 7) is 3.09. The van der Waals surface area contributed by atoms with Gasteiger partial charge >= 0.3 is 12.1 Å². The molecule has 0 bridgehead atoms. The van der Waals surface area contributed by atoms with Gasteiger partial charge in [0.25, 0.3) is 0 Å². The molecule has 24 heavy (non-hydrogen) atoms. The highest BCUT2D eigenvalue weighted by Crippen LogP contribution is 2.02. The molecule has 0 aliphatic carbocycles. The number of unbranched alkanes of at least 4 members (excludes halogenated alkanes) is 5. The first-order valence-electron chi connectivity index (χ1n) is 8.99. The molecule has 0 saturated heterocycles. The molecule has 0 aliphatic rings. The van der Waals surface area contributed by atoms with Crippen molar-refractivity contribution in [1.29, 1.82) is 0 Å². The van der Waals surface area contributed by atoms with Crippen molar-refractivity contribution in [2.24, 2.45) is 0 Å². The predicted molar refractivity (Wildman–Crippen MR) is 96.9 cm³/mol. The van der Waals surface area contributed by atoms with E-state index < -0.39 is 6.09 Å². The van der Waals surface area contributed by atoms with Crippen molar-refractivity contribution in [2.75, 3.05) is 20.3 Å². The molecule has 1 amide bonds. The Bertz CT molecular complexity index is 378. The Kier molecular flexibility index (Phi) is 16.3. The van der Waals surface area contributed by atoms with Crippen LogP contribution in [0.4, 0.5) is 4.79 Å². The Hall–Kier alpha value is -1.78. The molecule has 5 heteroatoms. The van der Waals surface area contributed by atoms with Gasteiger partial charge in [-0.25, -0.2) is 4.79 Å². The van der Waals surface area contributed by atoms with Crippen LogP contribution in [-0.2, 0) is 14.3 Å². The molecule has 0 aliphatic heterocycles. The molecule has 0 aromatic rings. The molecule has 1 N–H and O–H groups in total. The third-order valence-corrected chi connectivity index (χ3v) is 3.42. The number of nitrogens with one attached hydrogen (secondary N) is 1. The molecule has 0 atom stereocenters. The number of ether oxygens (including phenoxy) is 2. The lowest BCUT2D eigenvalue weighted by atomic mass is 10.1. The Morgan fingerprint density at radius 3 is 2.42 bits per heavy atom. The zero-order chi connectivity index (χ0) is 17.9. The number of hydrogen-bond acceptors (Lipinski definition) is 4. The molecule has 0 saturated carbocycles. The van der Waals surface area contributed by atoms with Crippen molar-refractivity contribution in [3.05, 3.63) is 24.3 Å². The maximum absolute atomic E-state index is 11.4. The highest BCUT2D eigenvalue weighted by molar-refractivity contribution is 5.69. The van der Waals surface area contributed by atoms with Crippen molar-refractivity contribution >= 4 is 12.1 Å². The van der Waals surface area contributed by atoms with E-state index in [9.17, 15) is 9.59 Å². The lowest BCUT2D eigenvalue weighted by Gasteiger charge is -2.05. The monoisotopic (exact) mass is 339 g/mol. The van der Waals surface area contributed by atoms with Gasteiger partial charge in [-0.1, -0.05) is 50.5 Å². The number of carbonyl (C=O) groups is 2. The minimum Gasteiger partial charge on any atom is -0.469 e. The fraction of sp³-hybridized carbons (Fsp3) is 0.684. The van der Waals surface area contributed by atoms with E-state index in [1.807, 2.05) is 12.2 Å². The van der Waals surface area contributed by atoms with Crippen LogP contribution in [0.15, 0.2) is 24.3 Å². The van der Waals surface area contributed by atoms with Gasteiger partial charge in [0.15, 0.2) is 0 Å². The van der Waals surface area contributed by atoms with E-state index in [2.05, 4.69) is 29.1 Å². The Morgan fingerprint density at radius 1 is 0.958 bits per heavy atom. The molecular weight excluding hydrogens is 306 g/mol. The summed E-state index contributed by atoms with van der Waals surface area (Å²) in [7, 11) is 1.37. The summed E-state index contributed by atoms with van der Waals surface area (Å²) in [4.78, 5) is 22.3. The second-order valence-electron chi connectivity index (χ2n) is 5.59. The van der Waals surface area contributed by atoms with Crippen LogP contribution in [0.25, 0.3) is 0 Å². The maximum Gasteiger partial charge on any atom is 0.407 e. The van der Waals surface area contributed by atoms with E-state index in [-0.39, 0.29) is 5.97 Å². The summed E-state index contributed by atoms with van der Waals surface area (Å²) in [5, 5.41) is 2.69. The lowest BCUT2D eigenvalue weighted by molar-refractivity contribution is -0.140. The van der Waals surface area contributed by atoms with E-state index >= 15 is 0 Å². The largest absolute Gasteiger partial charge is 0.469 e. The number of alkyl carbamates (subject to hydrolysis) is 1. The molecule has 0 rings (SSSR count). The minimum absolute atomic E-state index is 0.235. The molecular formula is C19H33NO4. The second kappa shape index (κ2) is 17.6. The van der Waals surface area contributed by atoms with Gasteiger partial charge in [0, 0.05) is 13.0 Å². The molecule has 138 valence electrons. The molecule has 0 aromatic heterocycles. The summed E-state index contributed by atoms with van der Waals surface area (Å²) >= 11 is 0. The smallest absolute Gasteiger partial charge is 0.407 e. The summed E-state index contributed by atoms with van der Waals surface area (Å²) < 4.78 is 9.54. The summed E-state index contributed by atoms with van der Waals surface area (Å²) in [6.07, 6.45) is 16.6. The van der Waals surface area contributed by atoms with Gasteiger partial charge in [-0.2, -0.15) is 0 Å². The van der Waals surface area contributed by atoms with Gasteiger partial charge < -0.3 is 14.8 Å². The number of rotatable bonds is 14. The highest BCUT2D eigenvalue weighted by atomic mass is 16.5. The molecule has 0 unspecified atom stereocenters. The van der Waals surface area contributed by atoms with Gasteiger partial charge in [-0.05, 0) is 32.1 Å². The third-order valence-electron chi connectivity index (χ3n) is 3.42. The van der Waals surface area contributed by atoms with Crippen LogP contribution >= 0.6 is 0 Å². The van der Waals surface area contributed by atoms with Gasteiger partial charge in [-0.15, -0.1) is 0 Å². The van der Waals surface area contributed by atoms with E-state index in [1.54, 1.807) is 0 Å². The van der Waals surface area contributed by atoms with Gasteiger partial charge in [0.2, 0.25) is 0 Å². The molecule has 0 spiro atoms. The Morgan fingerprint density at radius 2 is 1.71 bits per heavy atom. The van der Waals surface area contributed by atoms with Crippen molar-refractivity contribution in [1.82, 2.24) is 5.32 Å². The van der Waals surface area contributed by atoms with Crippen LogP contribution in [0.3, 0.4) is 0 Å². The predicted octanol–water partition coefficient (Wildman–Crippen LogP) is 4.53. The first-order valence-corrected chi connectivity index (χ1v) is 8.99. The van der Waals surface area contributed by atoms with Crippen LogP contribution in [0, 0.1) is 0 Å². The molecule has 0 fully saturated rings. The van der Waals surface area contributed by atoms with Crippen molar-refractivity contribution in [2.45, 2.75) is 64.7 Å². The average molecular weight is 339 g/mol. The van der Waals surface area contributed by atoms with Crippen molar-refractivity contribution in [3.63, 3.8) is 0 Å². The number of amides is 1. The first kappa shape index (κ1) is 22.2. The van der Waals surface area contributed by atoms with E-state index in [0.717, 1.165) is 12.8 Å².